The highest BCUT2D eigenvalue weighted by Gasteiger charge is 2.20. The van der Waals surface area contributed by atoms with Crippen molar-refractivity contribution in [2.75, 3.05) is 23.3 Å². The number of imidazole rings is 1. The zero-order valence-electron chi connectivity index (χ0n) is 17.0. The molecule has 156 valence electrons. The number of rotatable bonds is 4. The molecule has 8 heteroatoms. The predicted molar refractivity (Wildman–Crippen MR) is 123 cm³/mol. The van der Waals surface area contributed by atoms with Gasteiger partial charge in [-0.05, 0) is 49.2 Å². The van der Waals surface area contributed by atoms with Gasteiger partial charge in [-0.15, -0.1) is 0 Å². The first-order valence-electron chi connectivity index (χ1n) is 10.2. The number of para-hydroxylation sites is 2. The van der Waals surface area contributed by atoms with Gasteiger partial charge in [0.25, 0.3) is 5.91 Å². The quantitative estimate of drug-likeness (QED) is 0.512. The van der Waals surface area contributed by atoms with Gasteiger partial charge in [0.15, 0.2) is 5.69 Å². The van der Waals surface area contributed by atoms with E-state index >= 15 is 0 Å². The largest absolute Gasteiger partial charge is 0.341 e. The lowest BCUT2D eigenvalue weighted by Crippen LogP contribution is -2.23. The van der Waals surface area contributed by atoms with E-state index in [0.29, 0.717) is 11.6 Å². The van der Waals surface area contributed by atoms with Crippen molar-refractivity contribution < 1.29 is 4.79 Å². The summed E-state index contributed by atoms with van der Waals surface area (Å²) in [5.74, 6) is 1.06. The summed E-state index contributed by atoms with van der Waals surface area (Å²) in [6.45, 7) is 1.79. The number of hydrogen-bond donors (Lipinski definition) is 1. The summed E-state index contributed by atoms with van der Waals surface area (Å²) in [7, 11) is 2.00. The molecule has 0 aliphatic carbocycles. The van der Waals surface area contributed by atoms with Crippen molar-refractivity contribution in [3.05, 3.63) is 65.4 Å². The van der Waals surface area contributed by atoms with E-state index < -0.39 is 0 Å². The molecule has 1 aliphatic heterocycles. The van der Waals surface area contributed by atoms with Crippen LogP contribution in [0, 0.1) is 0 Å². The first-order chi connectivity index (χ1) is 15.1. The molecule has 1 fully saturated rings. The lowest BCUT2D eigenvalue weighted by atomic mass is 10.2. The minimum Gasteiger partial charge on any atom is -0.341 e. The maximum Gasteiger partial charge on any atom is 0.276 e. The standard InChI is InChI=1S/C23H21ClN6O/c1-29-19-7-3-2-6-18(19)27-21(29)15-8-10-16(11-9-15)26-22(31)20-17(24)14-25-23(28-20)30-12-4-5-13-30/h2-3,6-11,14H,4-5,12-13H2,1H3,(H,26,31). The van der Waals surface area contributed by atoms with E-state index in [1.165, 1.54) is 6.20 Å². The van der Waals surface area contributed by atoms with Gasteiger partial charge in [0.05, 0.1) is 22.3 Å². The monoisotopic (exact) mass is 432 g/mol. The molecule has 31 heavy (non-hydrogen) atoms. The molecule has 2 aromatic carbocycles. The van der Waals surface area contributed by atoms with Crippen LogP contribution in [0.3, 0.4) is 0 Å². The van der Waals surface area contributed by atoms with Crippen molar-refractivity contribution in [3.63, 3.8) is 0 Å². The number of aryl methyl sites for hydroxylation is 1. The topological polar surface area (TPSA) is 75.9 Å². The van der Waals surface area contributed by atoms with E-state index in [9.17, 15) is 4.79 Å². The van der Waals surface area contributed by atoms with Crippen molar-refractivity contribution in [2.24, 2.45) is 7.05 Å². The van der Waals surface area contributed by atoms with Crippen molar-refractivity contribution in [2.45, 2.75) is 12.8 Å². The van der Waals surface area contributed by atoms with Crippen molar-refractivity contribution in [3.8, 4) is 11.4 Å². The van der Waals surface area contributed by atoms with E-state index in [1.54, 1.807) is 0 Å². The number of fused-ring (bicyclic) bond motifs is 1. The highest BCUT2D eigenvalue weighted by Crippen LogP contribution is 2.25. The molecule has 1 amide bonds. The van der Waals surface area contributed by atoms with Crippen LogP contribution in [0.2, 0.25) is 5.02 Å². The highest BCUT2D eigenvalue weighted by atomic mass is 35.5. The Bertz CT molecular complexity index is 1260. The van der Waals surface area contributed by atoms with Gasteiger partial charge in [-0.1, -0.05) is 23.7 Å². The number of carbonyl (C=O) groups is 1. The summed E-state index contributed by atoms with van der Waals surface area (Å²) in [6.07, 6.45) is 3.70. The molecule has 1 N–H and O–H groups in total. The van der Waals surface area contributed by atoms with Gasteiger partial charge in [0, 0.05) is 31.4 Å². The molecule has 0 unspecified atom stereocenters. The average Bonchev–Trinajstić information content (AvgIpc) is 3.44. The van der Waals surface area contributed by atoms with E-state index in [-0.39, 0.29) is 16.6 Å². The number of aromatic nitrogens is 4. The van der Waals surface area contributed by atoms with Crippen LogP contribution in [0.1, 0.15) is 23.3 Å². The number of amides is 1. The molecule has 3 heterocycles. The molecule has 7 nitrogen and oxygen atoms in total. The number of benzene rings is 2. The van der Waals surface area contributed by atoms with Gasteiger partial charge in [-0.3, -0.25) is 4.79 Å². The maximum absolute atomic E-state index is 12.8. The molecule has 0 atom stereocenters. The van der Waals surface area contributed by atoms with Crippen LogP contribution < -0.4 is 10.2 Å². The fourth-order valence-corrected chi connectivity index (χ4v) is 4.06. The fourth-order valence-electron chi connectivity index (χ4n) is 3.88. The lowest BCUT2D eigenvalue weighted by Gasteiger charge is -2.16. The number of hydrogen-bond acceptors (Lipinski definition) is 5. The summed E-state index contributed by atoms with van der Waals surface area (Å²) >= 11 is 6.21. The highest BCUT2D eigenvalue weighted by molar-refractivity contribution is 6.34. The summed E-state index contributed by atoms with van der Waals surface area (Å²) in [5, 5.41) is 3.11. The molecule has 4 aromatic rings. The van der Waals surface area contributed by atoms with E-state index in [2.05, 4.69) is 24.8 Å². The minimum atomic E-state index is -0.358. The van der Waals surface area contributed by atoms with Crippen LogP contribution in [0.5, 0.6) is 0 Å². The van der Waals surface area contributed by atoms with E-state index in [4.69, 9.17) is 16.6 Å². The second-order valence-electron chi connectivity index (χ2n) is 7.58. The second kappa shape index (κ2) is 8.00. The molecule has 0 radical (unpaired) electrons. The fraction of sp³-hybridized carbons (Fsp3) is 0.217. The third-order valence-corrected chi connectivity index (χ3v) is 5.80. The van der Waals surface area contributed by atoms with Gasteiger partial charge in [-0.25, -0.2) is 15.0 Å². The zero-order valence-corrected chi connectivity index (χ0v) is 17.8. The Labute approximate surface area is 184 Å². The van der Waals surface area contributed by atoms with Crippen molar-refractivity contribution >= 4 is 40.2 Å². The normalized spacial score (nSPS) is 13.7. The van der Waals surface area contributed by atoms with E-state index in [0.717, 1.165) is 48.4 Å². The van der Waals surface area contributed by atoms with Gasteiger partial charge in [0.2, 0.25) is 5.95 Å². The predicted octanol–water partition coefficient (Wildman–Crippen LogP) is 4.54. The van der Waals surface area contributed by atoms with Crippen LogP contribution in [-0.4, -0.2) is 38.5 Å². The lowest BCUT2D eigenvalue weighted by molar-refractivity contribution is 0.102. The van der Waals surface area contributed by atoms with Crippen LogP contribution >= 0.6 is 11.6 Å². The van der Waals surface area contributed by atoms with Gasteiger partial charge >= 0.3 is 0 Å². The first kappa shape index (κ1) is 19.5. The molecule has 5 rings (SSSR count). The Morgan fingerprint density at radius 1 is 1.03 bits per heavy atom. The third kappa shape index (κ3) is 3.72. The van der Waals surface area contributed by atoms with Crippen molar-refractivity contribution in [1.29, 1.82) is 0 Å². The van der Waals surface area contributed by atoms with Crippen LogP contribution in [-0.2, 0) is 7.05 Å². The second-order valence-corrected chi connectivity index (χ2v) is 7.98. The maximum atomic E-state index is 12.8. The number of anilines is 2. The number of carbonyl (C=O) groups excluding carboxylic acids is 1. The molecule has 1 aliphatic rings. The Balaban J connectivity index is 1.36. The number of nitrogens with zero attached hydrogens (tertiary/aromatic N) is 5. The molecule has 0 bridgehead atoms. The Hall–Kier alpha value is -3.45. The van der Waals surface area contributed by atoms with Crippen LogP contribution in [0.4, 0.5) is 11.6 Å². The first-order valence-corrected chi connectivity index (χ1v) is 10.6. The SMILES string of the molecule is Cn1c(-c2ccc(NC(=O)c3nc(N4CCCC4)ncc3Cl)cc2)nc2ccccc21. The summed E-state index contributed by atoms with van der Waals surface area (Å²) in [6, 6.07) is 15.6. The van der Waals surface area contributed by atoms with Gasteiger partial charge < -0.3 is 14.8 Å². The van der Waals surface area contributed by atoms with Crippen LogP contribution in [0.25, 0.3) is 22.4 Å². The van der Waals surface area contributed by atoms with E-state index in [1.807, 2.05) is 55.6 Å². The smallest absolute Gasteiger partial charge is 0.276 e. The average molecular weight is 433 g/mol. The van der Waals surface area contributed by atoms with Crippen molar-refractivity contribution in [1.82, 2.24) is 19.5 Å². The molecule has 1 saturated heterocycles. The van der Waals surface area contributed by atoms with Gasteiger partial charge in [-0.2, -0.15) is 0 Å². The molecular weight excluding hydrogens is 412 g/mol. The number of nitrogens with one attached hydrogen (secondary N) is 1. The van der Waals surface area contributed by atoms with Gasteiger partial charge in [0.1, 0.15) is 5.82 Å². The third-order valence-electron chi connectivity index (χ3n) is 5.52. The molecule has 0 saturated carbocycles. The Morgan fingerprint density at radius 2 is 1.77 bits per heavy atom. The number of halogens is 1. The molecular formula is C23H21ClN6O. The summed E-state index contributed by atoms with van der Waals surface area (Å²) < 4.78 is 2.06. The minimum absolute atomic E-state index is 0.179. The Kier molecular flexibility index (Phi) is 5.03. The summed E-state index contributed by atoms with van der Waals surface area (Å²) in [4.78, 5) is 28.3. The zero-order chi connectivity index (χ0) is 21.4. The summed E-state index contributed by atoms with van der Waals surface area (Å²) in [5.41, 5.74) is 3.82. The molecule has 0 spiro atoms. The van der Waals surface area contributed by atoms with Crippen LogP contribution in [0.15, 0.2) is 54.7 Å². The molecule has 2 aromatic heterocycles. The Morgan fingerprint density at radius 3 is 2.52 bits per heavy atom.